The van der Waals surface area contributed by atoms with Crippen LogP contribution in [0.4, 0.5) is 10.1 Å². The standard InChI is InChI=1S/C15H13BrFNO2/c1-9-2-4-11(15(19)20)7-14(9)18-8-10-3-5-12(16)13(17)6-10/h2-7,18H,8H2,1H3,(H,19,20). The van der Waals surface area contributed by atoms with E-state index in [2.05, 4.69) is 21.2 Å². The van der Waals surface area contributed by atoms with E-state index in [-0.39, 0.29) is 11.4 Å². The van der Waals surface area contributed by atoms with Crippen molar-refractivity contribution in [2.75, 3.05) is 5.32 Å². The number of hydrogen-bond donors (Lipinski definition) is 2. The first kappa shape index (κ1) is 14.5. The minimum atomic E-state index is -0.970. The molecule has 2 rings (SSSR count). The summed E-state index contributed by atoms with van der Waals surface area (Å²) in [6.45, 7) is 2.31. The molecule has 2 aromatic rings. The molecular weight excluding hydrogens is 325 g/mol. The molecule has 2 N–H and O–H groups in total. The fraction of sp³-hybridized carbons (Fsp3) is 0.133. The average Bonchev–Trinajstić information content (AvgIpc) is 2.41. The van der Waals surface area contributed by atoms with Gasteiger partial charge in [-0.2, -0.15) is 0 Å². The molecule has 0 aliphatic rings. The molecule has 0 aliphatic heterocycles. The fourth-order valence-electron chi connectivity index (χ4n) is 1.79. The summed E-state index contributed by atoms with van der Waals surface area (Å²) in [5.74, 6) is -1.29. The van der Waals surface area contributed by atoms with Crippen LogP contribution in [0.1, 0.15) is 21.5 Å². The lowest BCUT2D eigenvalue weighted by Gasteiger charge is -2.11. The van der Waals surface area contributed by atoms with E-state index in [0.717, 1.165) is 16.8 Å². The molecule has 0 spiro atoms. The van der Waals surface area contributed by atoms with Crippen molar-refractivity contribution < 1.29 is 14.3 Å². The van der Waals surface area contributed by atoms with Crippen molar-refractivity contribution in [2.45, 2.75) is 13.5 Å². The summed E-state index contributed by atoms with van der Waals surface area (Å²) < 4.78 is 13.8. The van der Waals surface area contributed by atoms with E-state index < -0.39 is 5.97 Å². The molecule has 0 unspecified atom stereocenters. The number of aryl methyl sites for hydroxylation is 1. The highest BCUT2D eigenvalue weighted by atomic mass is 79.9. The molecule has 0 bridgehead atoms. The molecule has 0 saturated carbocycles. The van der Waals surface area contributed by atoms with Crippen LogP contribution in [-0.2, 0) is 6.54 Å². The monoisotopic (exact) mass is 337 g/mol. The van der Waals surface area contributed by atoms with Gasteiger partial charge in [0.15, 0.2) is 0 Å². The minimum Gasteiger partial charge on any atom is -0.478 e. The summed E-state index contributed by atoms with van der Waals surface area (Å²) in [4.78, 5) is 10.9. The third-order valence-corrected chi connectivity index (χ3v) is 3.59. The molecule has 5 heteroatoms. The summed E-state index contributed by atoms with van der Waals surface area (Å²) >= 11 is 3.10. The lowest BCUT2D eigenvalue weighted by atomic mass is 10.1. The molecule has 20 heavy (non-hydrogen) atoms. The van der Waals surface area contributed by atoms with Crippen molar-refractivity contribution in [3.63, 3.8) is 0 Å². The van der Waals surface area contributed by atoms with E-state index in [1.165, 1.54) is 6.07 Å². The number of benzene rings is 2. The number of nitrogens with one attached hydrogen (secondary N) is 1. The van der Waals surface area contributed by atoms with Crippen LogP contribution in [0.15, 0.2) is 40.9 Å². The number of carbonyl (C=O) groups is 1. The number of hydrogen-bond acceptors (Lipinski definition) is 2. The van der Waals surface area contributed by atoms with E-state index in [1.807, 2.05) is 6.92 Å². The van der Waals surface area contributed by atoms with Gasteiger partial charge in [0.2, 0.25) is 0 Å². The number of aromatic carboxylic acids is 1. The Morgan fingerprint density at radius 2 is 2.05 bits per heavy atom. The Balaban J connectivity index is 2.15. The van der Waals surface area contributed by atoms with Crippen LogP contribution in [0, 0.1) is 12.7 Å². The quantitative estimate of drug-likeness (QED) is 0.878. The lowest BCUT2D eigenvalue weighted by molar-refractivity contribution is 0.0697. The number of rotatable bonds is 4. The third kappa shape index (κ3) is 3.36. The zero-order chi connectivity index (χ0) is 14.7. The first-order chi connectivity index (χ1) is 9.47. The summed E-state index contributed by atoms with van der Waals surface area (Å²) in [5, 5.41) is 12.1. The van der Waals surface area contributed by atoms with Crippen LogP contribution in [0.3, 0.4) is 0 Å². The van der Waals surface area contributed by atoms with Gasteiger partial charge in [0.1, 0.15) is 5.82 Å². The summed E-state index contributed by atoms with van der Waals surface area (Å²) in [6.07, 6.45) is 0. The summed E-state index contributed by atoms with van der Waals surface area (Å²) in [5.41, 5.74) is 2.67. The van der Waals surface area contributed by atoms with Crippen molar-refractivity contribution in [1.29, 1.82) is 0 Å². The second kappa shape index (κ2) is 6.05. The fourth-order valence-corrected chi connectivity index (χ4v) is 2.04. The smallest absolute Gasteiger partial charge is 0.335 e. The Morgan fingerprint density at radius 3 is 2.70 bits per heavy atom. The van der Waals surface area contributed by atoms with Crippen molar-refractivity contribution in [2.24, 2.45) is 0 Å². The first-order valence-corrected chi connectivity index (χ1v) is 6.78. The topological polar surface area (TPSA) is 49.3 Å². The Morgan fingerprint density at radius 1 is 1.30 bits per heavy atom. The average molecular weight is 338 g/mol. The highest BCUT2D eigenvalue weighted by Crippen LogP contribution is 2.20. The molecule has 0 radical (unpaired) electrons. The molecule has 3 nitrogen and oxygen atoms in total. The SMILES string of the molecule is Cc1ccc(C(=O)O)cc1NCc1ccc(Br)c(F)c1. The Hall–Kier alpha value is -1.88. The maximum Gasteiger partial charge on any atom is 0.335 e. The Kier molecular flexibility index (Phi) is 4.39. The normalized spacial score (nSPS) is 10.3. The van der Waals surface area contributed by atoms with Gasteiger partial charge in [0.25, 0.3) is 0 Å². The molecule has 0 aliphatic carbocycles. The lowest BCUT2D eigenvalue weighted by Crippen LogP contribution is -2.04. The minimum absolute atomic E-state index is 0.222. The molecule has 0 fully saturated rings. The predicted molar refractivity (Wildman–Crippen MR) is 79.6 cm³/mol. The van der Waals surface area contributed by atoms with Crippen LogP contribution >= 0.6 is 15.9 Å². The molecular formula is C15H13BrFNO2. The maximum atomic E-state index is 13.4. The van der Waals surface area contributed by atoms with Gasteiger partial charge >= 0.3 is 5.97 Å². The molecule has 0 saturated heterocycles. The van der Waals surface area contributed by atoms with Crippen molar-refractivity contribution >= 4 is 27.6 Å². The maximum absolute atomic E-state index is 13.4. The highest BCUT2D eigenvalue weighted by molar-refractivity contribution is 9.10. The number of anilines is 1. The number of carboxylic acids is 1. The van der Waals surface area contributed by atoms with E-state index in [4.69, 9.17) is 5.11 Å². The third-order valence-electron chi connectivity index (χ3n) is 2.95. The summed E-state index contributed by atoms with van der Waals surface area (Å²) in [7, 11) is 0. The van der Waals surface area contributed by atoms with Crippen LogP contribution in [-0.4, -0.2) is 11.1 Å². The summed E-state index contributed by atoms with van der Waals surface area (Å²) in [6, 6.07) is 9.76. The number of carboxylic acid groups (broad SMARTS) is 1. The predicted octanol–water partition coefficient (Wildman–Crippen LogP) is 4.21. The van der Waals surface area contributed by atoms with Gasteiger partial charge < -0.3 is 10.4 Å². The zero-order valence-electron chi connectivity index (χ0n) is 10.8. The van der Waals surface area contributed by atoms with Crippen molar-refractivity contribution in [3.05, 3.63) is 63.4 Å². The van der Waals surface area contributed by atoms with Crippen molar-refractivity contribution in [3.8, 4) is 0 Å². The van der Waals surface area contributed by atoms with E-state index in [1.54, 1.807) is 30.3 Å². The van der Waals surface area contributed by atoms with Crippen LogP contribution in [0.5, 0.6) is 0 Å². The molecule has 0 amide bonds. The van der Waals surface area contributed by atoms with Crippen LogP contribution < -0.4 is 5.32 Å². The van der Waals surface area contributed by atoms with Gasteiger partial charge in [-0.1, -0.05) is 12.1 Å². The van der Waals surface area contributed by atoms with E-state index >= 15 is 0 Å². The van der Waals surface area contributed by atoms with E-state index in [9.17, 15) is 9.18 Å². The molecule has 0 heterocycles. The largest absolute Gasteiger partial charge is 0.478 e. The second-order valence-corrected chi connectivity index (χ2v) is 5.29. The van der Waals surface area contributed by atoms with Crippen LogP contribution in [0.25, 0.3) is 0 Å². The van der Waals surface area contributed by atoms with Gasteiger partial charge in [-0.3, -0.25) is 0 Å². The van der Waals surface area contributed by atoms with Gasteiger partial charge in [0, 0.05) is 12.2 Å². The van der Waals surface area contributed by atoms with Gasteiger partial charge in [-0.25, -0.2) is 9.18 Å². The van der Waals surface area contributed by atoms with Crippen molar-refractivity contribution in [1.82, 2.24) is 0 Å². The van der Waals surface area contributed by atoms with Crippen LogP contribution in [0.2, 0.25) is 0 Å². The number of halogens is 2. The molecule has 2 aromatic carbocycles. The van der Waals surface area contributed by atoms with Gasteiger partial charge in [-0.05, 0) is 58.2 Å². The second-order valence-electron chi connectivity index (χ2n) is 4.44. The van der Waals surface area contributed by atoms with Gasteiger partial charge in [0.05, 0.1) is 10.0 Å². The Labute approximate surface area is 124 Å². The Bertz CT molecular complexity index is 658. The zero-order valence-corrected chi connectivity index (χ0v) is 12.4. The highest BCUT2D eigenvalue weighted by Gasteiger charge is 2.06. The first-order valence-electron chi connectivity index (χ1n) is 5.99. The molecule has 0 aromatic heterocycles. The molecule has 104 valence electrons. The van der Waals surface area contributed by atoms with E-state index in [0.29, 0.717) is 11.0 Å². The van der Waals surface area contributed by atoms with Gasteiger partial charge in [-0.15, -0.1) is 0 Å². The molecule has 0 atom stereocenters.